The van der Waals surface area contributed by atoms with Crippen LogP contribution in [-0.4, -0.2) is 47.7 Å². The van der Waals surface area contributed by atoms with E-state index in [0.29, 0.717) is 5.69 Å². The van der Waals surface area contributed by atoms with Crippen LogP contribution in [0.25, 0.3) is 5.69 Å². The molecule has 0 radical (unpaired) electrons. The van der Waals surface area contributed by atoms with Crippen LogP contribution in [0.15, 0.2) is 53.6 Å². The van der Waals surface area contributed by atoms with E-state index in [2.05, 4.69) is 15.6 Å². The molecule has 0 aliphatic rings. The van der Waals surface area contributed by atoms with Gasteiger partial charge in [0.15, 0.2) is 5.69 Å². The zero-order valence-corrected chi connectivity index (χ0v) is 16.9. The minimum absolute atomic E-state index is 0.0989. The number of sulfonamides is 1. The maximum atomic E-state index is 12.6. The van der Waals surface area contributed by atoms with Crippen molar-refractivity contribution in [1.82, 2.24) is 19.3 Å². The van der Waals surface area contributed by atoms with E-state index in [4.69, 9.17) is 0 Å². The smallest absolute Gasteiger partial charge is 0.277 e. The van der Waals surface area contributed by atoms with Gasteiger partial charge in [0.1, 0.15) is 0 Å². The topological polar surface area (TPSA) is 97.2 Å². The van der Waals surface area contributed by atoms with Gasteiger partial charge < -0.3 is 5.32 Å². The van der Waals surface area contributed by atoms with Crippen molar-refractivity contribution in [2.75, 3.05) is 19.4 Å². The molecule has 3 rings (SSSR count). The van der Waals surface area contributed by atoms with Crippen LogP contribution in [0, 0.1) is 13.8 Å². The van der Waals surface area contributed by atoms with Crippen LogP contribution in [0.2, 0.25) is 0 Å². The Kier molecular flexibility index (Phi) is 5.30. The Balaban J connectivity index is 1.86. The molecule has 1 N–H and O–H groups in total. The number of aryl methyl sites for hydroxylation is 2. The number of aromatic nitrogens is 3. The van der Waals surface area contributed by atoms with Crippen LogP contribution in [-0.2, 0) is 10.0 Å². The summed E-state index contributed by atoms with van der Waals surface area (Å²) in [4.78, 5) is 12.7. The summed E-state index contributed by atoms with van der Waals surface area (Å²) in [5.41, 5.74) is 3.12. The number of carbonyl (C=O) groups is 1. The van der Waals surface area contributed by atoms with Crippen molar-refractivity contribution in [2.24, 2.45) is 0 Å². The Morgan fingerprint density at radius 3 is 2.54 bits per heavy atom. The third-order valence-corrected chi connectivity index (χ3v) is 6.04. The molecule has 146 valence electrons. The molecule has 8 nitrogen and oxygen atoms in total. The summed E-state index contributed by atoms with van der Waals surface area (Å²) < 4.78 is 27.3. The molecule has 0 aliphatic carbocycles. The zero-order valence-electron chi connectivity index (χ0n) is 16.0. The van der Waals surface area contributed by atoms with Crippen molar-refractivity contribution in [2.45, 2.75) is 18.7 Å². The molecule has 0 saturated heterocycles. The molecular weight excluding hydrogens is 378 g/mol. The maximum Gasteiger partial charge on any atom is 0.277 e. The molecule has 0 atom stereocenters. The summed E-state index contributed by atoms with van der Waals surface area (Å²) in [7, 11) is -0.692. The molecule has 0 aliphatic heterocycles. The van der Waals surface area contributed by atoms with Gasteiger partial charge in [-0.1, -0.05) is 23.4 Å². The summed E-state index contributed by atoms with van der Waals surface area (Å²) in [5, 5.41) is 10.6. The van der Waals surface area contributed by atoms with Gasteiger partial charge in [0.05, 0.1) is 16.8 Å². The molecule has 3 aromatic rings. The lowest BCUT2D eigenvalue weighted by atomic mass is 10.2. The summed E-state index contributed by atoms with van der Waals surface area (Å²) >= 11 is 0. The Morgan fingerprint density at radius 1 is 1.11 bits per heavy atom. The lowest BCUT2D eigenvalue weighted by molar-refractivity contribution is 0.102. The predicted octanol–water partition coefficient (Wildman–Crippen LogP) is 2.39. The largest absolute Gasteiger partial charge is 0.320 e. The van der Waals surface area contributed by atoms with E-state index in [-0.39, 0.29) is 10.6 Å². The minimum atomic E-state index is -3.60. The molecular formula is C19H21N5O3S. The normalized spacial score (nSPS) is 11.6. The van der Waals surface area contributed by atoms with Crippen LogP contribution in [0.5, 0.6) is 0 Å². The predicted molar refractivity (Wildman–Crippen MR) is 106 cm³/mol. The van der Waals surface area contributed by atoms with Crippen molar-refractivity contribution in [3.63, 3.8) is 0 Å². The van der Waals surface area contributed by atoms with Crippen molar-refractivity contribution in [3.05, 3.63) is 65.5 Å². The van der Waals surface area contributed by atoms with Gasteiger partial charge in [-0.05, 0) is 49.2 Å². The quantitative estimate of drug-likeness (QED) is 0.710. The van der Waals surface area contributed by atoms with Gasteiger partial charge in [0.25, 0.3) is 5.91 Å². The van der Waals surface area contributed by atoms with E-state index < -0.39 is 15.9 Å². The van der Waals surface area contributed by atoms with Gasteiger partial charge in [-0.2, -0.15) is 0 Å². The number of rotatable bonds is 5. The minimum Gasteiger partial charge on any atom is -0.320 e. The van der Waals surface area contributed by atoms with Crippen LogP contribution in [0.4, 0.5) is 5.69 Å². The van der Waals surface area contributed by atoms with Gasteiger partial charge in [-0.25, -0.2) is 17.4 Å². The van der Waals surface area contributed by atoms with Gasteiger partial charge >= 0.3 is 0 Å². The maximum absolute atomic E-state index is 12.6. The molecule has 0 fully saturated rings. The van der Waals surface area contributed by atoms with Crippen molar-refractivity contribution in [1.29, 1.82) is 0 Å². The monoisotopic (exact) mass is 399 g/mol. The fourth-order valence-corrected chi connectivity index (χ4v) is 3.49. The number of amides is 1. The van der Waals surface area contributed by atoms with Crippen LogP contribution in [0.3, 0.4) is 0 Å². The van der Waals surface area contributed by atoms with E-state index in [0.717, 1.165) is 21.1 Å². The van der Waals surface area contributed by atoms with Gasteiger partial charge in [0.2, 0.25) is 10.0 Å². The Morgan fingerprint density at radius 2 is 1.86 bits per heavy atom. The average Bonchev–Trinajstić information content (AvgIpc) is 3.13. The van der Waals surface area contributed by atoms with E-state index in [9.17, 15) is 13.2 Å². The van der Waals surface area contributed by atoms with E-state index in [1.54, 1.807) is 13.0 Å². The second kappa shape index (κ2) is 7.53. The highest BCUT2D eigenvalue weighted by molar-refractivity contribution is 7.89. The molecule has 1 heterocycles. The molecule has 0 unspecified atom stereocenters. The number of hydrogen-bond acceptors (Lipinski definition) is 5. The molecule has 0 bridgehead atoms. The van der Waals surface area contributed by atoms with Gasteiger partial charge in [-0.3, -0.25) is 4.79 Å². The molecule has 0 spiro atoms. The Bertz CT molecular complexity index is 1140. The Hall–Kier alpha value is -3.04. The highest BCUT2D eigenvalue weighted by atomic mass is 32.2. The number of benzene rings is 2. The summed E-state index contributed by atoms with van der Waals surface area (Å²) in [6.07, 6.45) is 1.53. The highest BCUT2D eigenvalue weighted by Crippen LogP contribution is 2.22. The average molecular weight is 399 g/mol. The van der Waals surface area contributed by atoms with Crippen molar-refractivity contribution < 1.29 is 13.2 Å². The first-order valence-corrected chi connectivity index (χ1v) is 9.96. The lowest BCUT2D eigenvalue weighted by Crippen LogP contribution is -2.22. The van der Waals surface area contributed by atoms with Gasteiger partial charge in [0, 0.05) is 19.8 Å². The standard InChI is InChI=1S/C19H21N5O3S/c1-13-6-5-7-15(10-13)24-12-18(21-22-24)19(25)20-17-11-16(9-8-14(17)2)28(26,27)23(3)4/h5-12H,1-4H3,(H,20,25). The molecule has 1 aromatic heterocycles. The number of hydrogen-bond donors (Lipinski definition) is 1. The number of nitrogens with zero attached hydrogens (tertiary/aromatic N) is 4. The third-order valence-electron chi connectivity index (χ3n) is 4.23. The zero-order chi connectivity index (χ0) is 20.5. The number of carbonyl (C=O) groups excluding carboxylic acids is 1. The Labute approximate surface area is 163 Å². The molecule has 9 heteroatoms. The van der Waals surface area contributed by atoms with Crippen LogP contribution < -0.4 is 5.32 Å². The van der Waals surface area contributed by atoms with E-state index in [1.807, 2.05) is 31.2 Å². The first kappa shape index (κ1) is 19.7. The molecule has 28 heavy (non-hydrogen) atoms. The number of anilines is 1. The van der Waals surface area contributed by atoms with Gasteiger partial charge in [-0.15, -0.1) is 5.10 Å². The lowest BCUT2D eigenvalue weighted by Gasteiger charge is -2.14. The number of nitrogens with one attached hydrogen (secondary N) is 1. The van der Waals surface area contributed by atoms with Crippen LogP contribution >= 0.6 is 0 Å². The summed E-state index contributed by atoms with van der Waals surface area (Å²) in [5.74, 6) is -0.471. The second-order valence-electron chi connectivity index (χ2n) is 6.61. The highest BCUT2D eigenvalue weighted by Gasteiger charge is 2.19. The fraction of sp³-hybridized carbons (Fsp3) is 0.211. The molecule has 2 aromatic carbocycles. The van der Waals surface area contributed by atoms with Crippen molar-refractivity contribution in [3.8, 4) is 5.69 Å². The van der Waals surface area contributed by atoms with Crippen molar-refractivity contribution >= 4 is 21.6 Å². The molecule has 1 amide bonds. The van der Waals surface area contributed by atoms with Crippen LogP contribution in [0.1, 0.15) is 21.6 Å². The van der Waals surface area contributed by atoms with E-state index >= 15 is 0 Å². The fourth-order valence-electron chi connectivity index (χ4n) is 2.56. The SMILES string of the molecule is Cc1cccc(-n2cc(C(=O)Nc3cc(S(=O)(=O)N(C)C)ccc3C)nn2)c1. The summed E-state index contributed by atoms with van der Waals surface area (Å²) in [6.45, 7) is 3.75. The first-order valence-electron chi connectivity index (χ1n) is 8.52. The van der Waals surface area contributed by atoms with E-state index in [1.165, 1.54) is 37.1 Å². The third kappa shape index (κ3) is 3.95. The first-order chi connectivity index (χ1) is 13.2. The molecule has 0 saturated carbocycles. The summed E-state index contributed by atoms with van der Waals surface area (Å²) in [6, 6.07) is 12.2. The second-order valence-corrected chi connectivity index (χ2v) is 8.76.